The van der Waals surface area contributed by atoms with Gasteiger partial charge in [0, 0.05) is 18.4 Å². The molecule has 76 valence electrons. The van der Waals surface area contributed by atoms with E-state index in [4.69, 9.17) is 4.74 Å². The summed E-state index contributed by atoms with van der Waals surface area (Å²) in [7, 11) is 0. The minimum atomic E-state index is -0.453. The molecular formula is C12H9FO2. The van der Waals surface area contributed by atoms with Crippen molar-refractivity contribution in [1.82, 2.24) is 0 Å². The molecule has 2 aromatic rings. The predicted molar refractivity (Wildman–Crippen MR) is 55.2 cm³/mol. The Morgan fingerprint density at radius 3 is 2.73 bits per heavy atom. The van der Waals surface area contributed by atoms with Gasteiger partial charge in [-0.15, -0.1) is 0 Å². The van der Waals surface area contributed by atoms with Gasteiger partial charge in [0.1, 0.15) is 11.6 Å². The normalized spacial score (nSPS) is 10.3. The molecule has 3 heteroatoms. The number of ether oxygens (including phenoxy) is 1. The van der Waals surface area contributed by atoms with E-state index in [1.807, 2.05) is 6.07 Å². The van der Waals surface area contributed by atoms with Crippen molar-refractivity contribution in [3.63, 3.8) is 0 Å². The van der Waals surface area contributed by atoms with Gasteiger partial charge < -0.3 is 4.74 Å². The molecule has 0 N–H and O–H groups in total. The molecule has 0 bridgehead atoms. The van der Waals surface area contributed by atoms with Gasteiger partial charge in [-0.3, -0.25) is 4.79 Å². The van der Waals surface area contributed by atoms with Crippen LogP contribution in [0.5, 0.6) is 5.75 Å². The quantitative estimate of drug-likeness (QED) is 0.527. The fourth-order valence-corrected chi connectivity index (χ4v) is 1.48. The van der Waals surface area contributed by atoms with E-state index in [0.29, 0.717) is 5.39 Å². The minimum Gasteiger partial charge on any atom is -0.426 e. The van der Waals surface area contributed by atoms with Crippen LogP contribution in [0.15, 0.2) is 36.4 Å². The Bertz CT molecular complexity index is 520. The summed E-state index contributed by atoms with van der Waals surface area (Å²) in [5, 5.41) is 1.45. The summed E-state index contributed by atoms with van der Waals surface area (Å²) in [4.78, 5) is 10.8. The van der Waals surface area contributed by atoms with E-state index >= 15 is 0 Å². The van der Waals surface area contributed by atoms with Crippen LogP contribution in [0.4, 0.5) is 4.39 Å². The van der Waals surface area contributed by atoms with Gasteiger partial charge in [-0.1, -0.05) is 24.3 Å². The lowest BCUT2D eigenvalue weighted by Gasteiger charge is -2.05. The summed E-state index contributed by atoms with van der Waals surface area (Å²) >= 11 is 0. The first-order valence-electron chi connectivity index (χ1n) is 4.53. The Hall–Kier alpha value is -1.90. The van der Waals surface area contributed by atoms with Crippen LogP contribution in [-0.2, 0) is 4.79 Å². The number of hydrogen-bond donors (Lipinski definition) is 0. The second-order valence-corrected chi connectivity index (χ2v) is 3.22. The lowest BCUT2D eigenvalue weighted by atomic mass is 10.1. The van der Waals surface area contributed by atoms with E-state index in [2.05, 4.69) is 0 Å². The summed E-state index contributed by atoms with van der Waals surface area (Å²) in [6.07, 6.45) is 0. The van der Waals surface area contributed by atoms with E-state index in [1.54, 1.807) is 18.2 Å². The maximum absolute atomic E-state index is 13.2. The van der Waals surface area contributed by atoms with Gasteiger partial charge >= 0.3 is 5.97 Å². The maximum Gasteiger partial charge on any atom is 0.308 e. The number of carbonyl (C=O) groups is 1. The zero-order valence-corrected chi connectivity index (χ0v) is 8.16. The topological polar surface area (TPSA) is 26.3 Å². The van der Waals surface area contributed by atoms with Gasteiger partial charge in [0.25, 0.3) is 0 Å². The van der Waals surface area contributed by atoms with Crippen molar-refractivity contribution in [2.75, 3.05) is 0 Å². The molecule has 0 amide bonds. The number of hydrogen-bond acceptors (Lipinski definition) is 2. The third kappa shape index (κ3) is 1.96. The molecule has 2 rings (SSSR count). The van der Waals surface area contributed by atoms with E-state index in [1.165, 1.54) is 19.1 Å². The number of carbonyl (C=O) groups excluding carboxylic acids is 1. The molecule has 0 saturated heterocycles. The van der Waals surface area contributed by atoms with Crippen LogP contribution in [0.1, 0.15) is 6.92 Å². The van der Waals surface area contributed by atoms with Crippen molar-refractivity contribution in [3.8, 4) is 5.75 Å². The molecule has 0 spiro atoms. The highest BCUT2D eigenvalue weighted by Gasteiger charge is 2.06. The smallest absolute Gasteiger partial charge is 0.308 e. The molecule has 0 unspecified atom stereocenters. The van der Waals surface area contributed by atoms with E-state index in [-0.39, 0.29) is 5.75 Å². The van der Waals surface area contributed by atoms with Crippen molar-refractivity contribution >= 4 is 16.7 Å². The second kappa shape index (κ2) is 3.69. The third-order valence-corrected chi connectivity index (χ3v) is 2.04. The zero-order valence-electron chi connectivity index (χ0n) is 8.16. The third-order valence-electron chi connectivity index (χ3n) is 2.04. The second-order valence-electron chi connectivity index (χ2n) is 3.22. The van der Waals surface area contributed by atoms with Gasteiger partial charge in [0.15, 0.2) is 0 Å². The van der Waals surface area contributed by atoms with Crippen LogP contribution >= 0.6 is 0 Å². The fourth-order valence-electron chi connectivity index (χ4n) is 1.48. The van der Waals surface area contributed by atoms with Crippen molar-refractivity contribution in [2.45, 2.75) is 6.92 Å². The van der Waals surface area contributed by atoms with Crippen molar-refractivity contribution in [2.24, 2.45) is 0 Å². The van der Waals surface area contributed by atoms with Crippen LogP contribution in [0.3, 0.4) is 0 Å². The molecule has 0 aliphatic heterocycles. The molecule has 0 atom stereocenters. The zero-order chi connectivity index (χ0) is 10.8. The fraction of sp³-hybridized carbons (Fsp3) is 0.0833. The molecule has 15 heavy (non-hydrogen) atoms. The first kappa shape index (κ1) is 9.65. The summed E-state index contributed by atoms with van der Waals surface area (Å²) in [5.74, 6) is -0.603. The number of halogens is 1. The molecule has 0 aliphatic carbocycles. The predicted octanol–water partition coefficient (Wildman–Crippen LogP) is 2.90. The van der Waals surface area contributed by atoms with Crippen molar-refractivity contribution in [3.05, 3.63) is 42.2 Å². The van der Waals surface area contributed by atoms with Crippen LogP contribution in [0.25, 0.3) is 10.8 Å². The van der Waals surface area contributed by atoms with Gasteiger partial charge in [-0.2, -0.15) is 0 Å². The van der Waals surface area contributed by atoms with Gasteiger partial charge in [-0.05, 0) is 11.5 Å². The van der Waals surface area contributed by atoms with Crippen molar-refractivity contribution < 1.29 is 13.9 Å². The minimum absolute atomic E-state index is 0.262. The van der Waals surface area contributed by atoms with Crippen LogP contribution in [0, 0.1) is 5.82 Å². The summed E-state index contributed by atoms with van der Waals surface area (Å²) in [5.41, 5.74) is 0. The molecule has 0 aliphatic rings. The Morgan fingerprint density at radius 2 is 2.00 bits per heavy atom. The highest BCUT2D eigenvalue weighted by molar-refractivity contribution is 5.90. The van der Waals surface area contributed by atoms with Crippen LogP contribution in [-0.4, -0.2) is 5.97 Å². The Morgan fingerprint density at radius 1 is 1.27 bits per heavy atom. The van der Waals surface area contributed by atoms with E-state index in [9.17, 15) is 9.18 Å². The highest BCUT2D eigenvalue weighted by atomic mass is 19.1. The van der Waals surface area contributed by atoms with Gasteiger partial charge in [0.05, 0.1) is 0 Å². The molecular weight excluding hydrogens is 195 g/mol. The van der Waals surface area contributed by atoms with Gasteiger partial charge in [0.2, 0.25) is 0 Å². The van der Waals surface area contributed by atoms with Crippen LogP contribution in [0.2, 0.25) is 0 Å². The summed E-state index contributed by atoms with van der Waals surface area (Å²) in [6, 6.07) is 9.79. The van der Waals surface area contributed by atoms with Crippen LogP contribution < -0.4 is 4.74 Å². The molecule has 2 nitrogen and oxygen atoms in total. The maximum atomic E-state index is 13.2. The summed E-state index contributed by atoms with van der Waals surface area (Å²) < 4.78 is 18.1. The molecule has 0 heterocycles. The number of fused-ring (bicyclic) bond motifs is 1. The number of benzene rings is 2. The average Bonchev–Trinajstić information content (AvgIpc) is 2.16. The first-order valence-corrected chi connectivity index (χ1v) is 4.53. The SMILES string of the molecule is CC(=O)Oc1cc(F)cc2ccccc12. The Labute approximate surface area is 86.3 Å². The lowest BCUT2D eigenvalue weighted by Crippen LogP contribution is -2.02. The standard InChI is InChI=1S/C12H9FO2/c1-8(14)15-12-7-10(13)6-9-4-2-3-5-11(9)12/h2-7H,1H3. The summed E-state index contributed by atoms with van der Waals surface area (Å²) in [6.45, 7) is 1.29. The largest absolute Gasteiger partial charge is 0.426 e. The number of esters is 1. The molecule has 0 aromatic heterocycles. The highest BCUT2D eigenvalue weighted by Crippen LogP contribution is 2.26. The molecule has 0 radical (unpaired) electrons. The lowest BCUT2D eigenvalue weighted by molar-refractivity contribution is -0.131. The van der Waals surface area contributed by atoms with Crippen molar-refractivity contribution in [1.29, 1.82) is 0 Å². The monoisotopic (exact) mass is 204 g/mol. The van der Waals surface area contributed by atoms with E-state index < -0.39 is 11.8 Å². The van der Waals surface area contributed by atoms with E-state index in [0.717, 1.165) is 5.39 Å². The molecule has 0 fully saturated rings. The molecule has 2 aromatic carbocycles. The Kier molecular flexibility index (Phi) is 2.37. The average molecular weight is 204 g/mol. The first-order chi connectivity index (χ1) is 7.16. The molecule has 0 saturated carbocycles. The number of rotatable bonds is 1. The van der Waals surface area contributed by atoms with Gasteiger partial charge in [-0.25, -0.2) is 4.39 Å². The Balaban J connectivity index is 2.65.